The molecule has 2 aliphatic carbocycles. The lowest BCUT2D eigenvalue weighted by Gasteiger charge is -2.27. The lowest BCUT2D eigenvalue weighted by atomic mass is 9.74. The van der Waals surface area contributed by atoms with Crippen LogP contribution in [0.2, 0.25) is 0 Å². The molecule has 19 heavy (non-hydrogen) atoms. The summed E-state index contributed by atoms with van der Waals surface area (Å²) in [5, 5.41) is 2.15. The van der Waals surface area contributed by atoms with Gasteiger partial charge in [0.1, 0.15) is 5.78 Å². The van der Waals surface area contributed by atoms with Crippen molar-refractivity contribution in [2.75, 3.05) is 0 Å². The van der Waals surface area contributed by atoms with Gasteiger partial charge in [0, 0.05) is 24.3 Å². The summed E-state index contributed by atoms with van der Waals surface area (Å²) in [6.45, 7) is 0. The molecule has 2 aromatic carbocycles. The number of Topliss-reactive ketones (excluding diaryl/α,β-unsaturated/α-hetero) is 2. The number of ketones is 2. The van der Waals surface area contributed by atoms with E-state index in [0.29, 0.717) is 12.8 Å². The van der Waals surface area contributed by atoms with E-state index in [9.17, 15) is 9.59 Å². The minimum absolute atomic E-state index is 0.0545. The predicted octanol–water partition coefficient (Wildman–Crippen LogP) is 3.49. The summed E-state index contributed by atoms with van der Waals surface area (Å²) in [6.07, 6.45) is 1.95. The van der Waals surface area contributed by atoms with Crippen LogP contribution in [0.3, 0.4) is 0 Å². The van der Waals surface area contributed by atoms with Gasteiger partial charge in [-0.25, -0.2) is 0 Å². The van der Waals surface area contributed by atoms with Crippen molar-refractivity contribution in [2.24, 2.45) is 5.92 Å². The maximum atomic E-state index is 12.4. The third kappa shape index (κ3) is 1.43. The van der Waals surface area contributed by atoms with Crippen LogP contribution in [0.4, 0.5) is 0 Å². The van der Waals surface area contributed by atoms with E-state index in [-0.39, 0.29) is 23.4 Å². The van der Waals surface area contributed by atoms with Crippen LogP contribution in [-0.4, -0.2) is 11.6 Å². The Hall–Kier alpha value is -1.96. The summed E-state index contributed by atoms with van der Waals surface area (Å²) < 4.78 is 0. The molecule has 0 heterocycles. The lowest BCUT2D eigenvalue weighted by molar-refractivity contribution is -0.120. The van der Waals surface area contributed by atoms with Crippen LogP contribution in [0.5, 0.6) is 0 Å². The Balaban J connectivity index is 2.01. The quantitative estimate of drug-likeness (QED) is 0.717. The Morgan fingerprint density at radius 1 is 0.947 bits per heavy atom. The van der Waals surface area contributed by atoms with E-state index >= 15 is 0 Å². The van der Waals surface area contributed by atoms with E-state index in [2.05, 4.69) is 12.1 Å². The standard InChI is InChI=1S/C17H14O2/c18-15-8-7-12-13-6-5-10-3-1-2-4-11(10)17(13)16(19)9-14(12)15/h1-6,12,14H,7-9H2/t12-,14+/m1/s1. The average molecular weight is 250 g/mol. The van der Waals surface area contributed by atoms with Gasteiger partial charge in [-0.05, 0) is 28.7 Å². The Bertz CT molecular complexity index is 714. The number of carbonyl (C=O) groups excluding carboxylic acids is 2. The van der Waals surface area contributed by atoms with Gasteiger partial charge in [0.2, 0.25) is 0 Å². The highest BCUT2D eigenvalue weighted by atomic mass is 16.1. The lowest BCUT2D eigenvalue weighted by Crippen LogP contribution is -2.25. The maximum Gasteiger partial charge on any atom is 0.164 e. The van der Waals surface area contributed by atoms with Gasteiger partial charge in [0.15, 0.2) is 5.78 Å². The zero-order valence-corrected chi connectivity index (χ0v) is 10.6. The van der Waals surface area contributed by atoms with Gasteiger partial charge in [0.05, 0.1) is 0 Å². The molecule has 2 atom stereocenters. The van der Waals surface area contributed by atoms with E-state index in [1.807, 2.05) is 24.3 Å². The fourth-order valence-electron chi connectivity index (χ4n) is 3.75. The van der Waals surface area contributed by atoms with Crippen molar-refractivity contribution in [2.45, 2.75) is 25.2 Å². The van der Waals surface area contributed by atoms with Gasteiger partial charge in [-0.2, -0.15) is 0 Å². The summed E-state index contributed by atoms with van der Waals surface area (Å²) >= 11 is 0. The van der Waals surface area contributed by atoms with Crippen molar-refractivity contribution >= 4 is 22.3 Å². The van der Waals surface area contributed by atoms with Gasteiger partial charge >= 0.3 is 0 Å². The molecule has 1 fully saturated rings. The number of benzene rings is 2. The molecule has 0 N–H and O–H groups in total. The second-order valence-corrected chi connectivity index (χ2v) is 5.60. The fourth-order valence-corrected chi connectivity index (χ4v) is 3.75. The molecule has 2 heteroatoms. The van der Waals surface area contributed by atoms with Gasteiger partial charge < -0.3 is 0 Å². The molecule has 1 saturated carbocycles. The van der Waals surface area contributed by atoms with Crippen molar-refractivity contribution in [1.82, 2.24) is 0 Å². The van der Waals surface area contributed by atoms with Crippen LogP contribution in [0.15, 0.2) is 36.4 Å². The van der Waals surface area contributed by atoms with Gasteiger partial charge in [-0.1, -0.05) is 36.4 Å². The SMILES string of the molecule is O=C1C[C@@H]2C(=O)CC[C@@H]2c2ccc3ccccc3c21. The van der Waals surface area contributed by atoms with Crippen LogP contribution in [-0.2, 0) is 4.79 Å². The van der Waals surface area contributed by atoms with Gasteiger partial charge in [0.25, 0.3) is 0 Å². The second-order valence-electron chi connectivity index (χ2n) is 5.60. The van der Waals surface area contributed by atoms with Crippen LogP contribution in [0.25, 0.3) is 10.8 Å². The van der Waals surface area contributed by atoms with E-state index in [1.165, 1.54) is 0 Å². The highest BCUT2D eigenvalue weighted by Gasteiger charge is 2.42. The van der Waals surface area contributed by atoms with E-state index in [4.69, 9.17) is 0 Å². The molecule has 0 radical (unpaired) electrons. The predicted molar refractivity (Wildman–Crippen MR) is 73.4 cm³/mol. The third-order valence-electron chi connectivity index (χ3n) is 4.65. The summed E-state index contributed by atoms with van der Waals surface area (Å²) in [7, 11) is 0. The molecule has 0 spiro atoms. The fraction of sp³-hybridized carbons (Fsp3) is 0.294. The molecule has 2 aromatic rings. The first-order valence-corrected chi connectivity index (χ1v) is 6.83. The number of rotatable bonds is 0. The first-order valence-electron chi connectivity index (χ1n) is 6.83. The zero-order valence-electron chi connectivity index (χ0n) is 10.6. The summed E-state index contributed by atoms with van der Waals surface area (Å²) in [4.78, 5) is 24.3. The first-order chi connectivity index (χ1) is 9.25. The molecule has 2 aliphatic rings. The van der Waals surface area contributed by atoms with Crippen molar-refractivity contribution < 1.29 is 9.59 Å². The molecule has 2 nitrogen and oxygen atoms in total. The van der Waals surface area contributed by atoms with Crippen molar-refractivity contribution in [1.29, 1.82) is 0 Å². The molecule has 0 amide bonds. The Morgan fingerprint density at radius 3 is 2.68 bits per heavy atom. The number of carbonyl (C=O) groups is 2. The molecule has 0 aromatic heterocycles. The summed E-state index contributed by atoms with van der Waals surface area (Å²) in [5.41, 5.74) is 1.97. The minimum atomic E-state index is -0.0545. The molecule has 0 saturated heterocycles. The van der Waals surface area contributed by atoms with Crippen molar-refractivity contribution in [3.8, 4) is 0 Å². The van der Waals surface area contributed by atoms with Crippen molar-refractivity contribution in [3.63, 3.8) is 0 Å². The smallest absolute Gasteiger partial charge is 0.164 e. The van der Waals surface area contributed by atoms with E-state index < -0.39 is 0 Å². The maximum absolute atomic E-state index is 12.4. The molecule has 0 aliphatic heterocycles. The Labute approximate surface area is 111 Å². The Morgan fingerprint density at radius 2 is 1.79 bits per heavy atom. The van der Waals surface area contributed by atoms with E-state index in [0.717, 1.165) is 28.3 Å². The molecular weight excluding hydrogens is 236 g/mol. The monoisotopic (exact) mass is 250 g/mol. The Kier molecular flexibility index (Phi) is 2.16. The summed E-state index contributed by atoms with van der Waals surface area (Å²) in [6, 6.07) is 12.2. The van der Waals surface area contributed by atoms with Crippen LogP contribution in [0, 0.1) is 5.92 Å². The number of fused-ring (bicyclic) bond motifs is 5. The average Bonchev–Trinajstić information content (AvgIpc) is 2.80. The van der Waals surface area contributed by atoms with Crippen LogP contribution in [0.1, 0.15) is 41.1 Å². The van der Waals surface area contributed by atoms with Gasteiger partial charge in [-0.15, -0.1) is 0 Å². The number of hydrogen-bond acceptors (Lipinski definition) is 2. The van der Waals surface area contributed by atoms with Gasteiger partial charge in [-0.3, -0.25) is 9.59 Å². The van der Waals surface area contributed by atoms with Crippen molar-refractivity contribution in [3.05, 3.63) is 47.5 Å². The normalized spacial score (nSPS) is 25.5. The highest BCUT2D eigenvalue weighted by Crippen LogP contribution is 2.46. The molecule has 0 unspecified atom stereocenters. The minimum Gasteiger partial charge on any atom is -0.299 e. The van der Waals surface area contributed by atoms with Crippen LogP contribution < -0.4 is 0 Å². The highest BCUT2D eigenvalue weighted by molar-refractivity contribution is 6.12. The van der Waals surface area contributed by atoms with Crippen LogP contribution >= 0.6 is 0 Å². The molecule has 4 rings (SSSR count). The second kappa shape index (κ2) is 3.77. The largest absolute Gasteiger partial charge is 0.299 e. The van der Waals surface area contributed by atoms with E-state index in [1.54, 1.807) is 0 Å². The molecule has 0 bridgehead atoms. The molecular formula is C17H14O2. The summed E-state index contributed by atoms with van der Waals surface area (Å²) in [5.74, 6) is 0.631. The third-order valence-corrected chi connectivity index (χ3v) is 4.65. The zero-order chi connectivity index (χ0) is 13.0. The first kappa shape index (κ1) is 10.9. The number of hydrogen-bond donors (Lipinski definition) is 0. The topological polar surface area (TPSA) is 34.1 Å². The molecule has 94 valence electrons.